The number of unbranched alkanes of at least 4 members (excludes halogenated alkanes) is 1. The Hall–Kier alpha value is -3.41. The SMILES string of the molecule is O=C(C=Cc1cnn(-c2ccccc2)c1)NCCCCn1ccccc1=O. The third kappa shape index (κ3) is 5.54. The second-order valence-electron chi connectivity index (χ2n) is 6.12. The normalized spacial score (nSPS) is 11.0. The van der Waals surface area contributed by atoms with Crippen LogP contribution in [0.2, 0.25) is 0 Å². The Kier molecular flexibility index (Phi) is 6.35. The van der Waals surface area contributed by atoms with Crippen LogP contribution in [0.15, 0.2) is 78.0 Å². The van der Waals surface area contributed by atoms with E-state index in [-0.39, 0.29) is 11.5 Å². The number of hydrogen-bond acceptors (Lipinski definition) is 3. The molecule has 0 fully saturated rings. The van der Waals surface area contributed by atoms with Gasteiger partial charge in [0.15, 0.2) is 0 Å². The van der Waals surface area contributed by atoms with Gasteiger partial charge in [-0.2, -0.15) is 5.10 Å². The van der Waals surface area contributed by atoms with Crippen LogP contribution >= 0.6 is 0 Å². The van der Waals surface area contributed by atoms with Crippen LogP contribution < -0.4 is 10.9 Å². The quantitative estimate of drug-likeness (QED) is 0.495. The molecular weight excluding hydrogens is 340 g/mol. The molecule has 0 saturated carbocycles. The van der Waals surface area contributed by atoms with Crippen molar-refractivity contribution in [3.8, 4) is 5.69 Å². The van der Waals surface area contributed by atoms with Crippen LogP contribution in [0.1, 0.15) is 18.4 Å². The van der Waals surface area contributed by atoms with Gasteiger partial charge in [-0.05, 0) is 37.1 Å². The van der Waals surface area contributed by atoms with E-state index in [4.69, 9.17) is 0 Å². The number of pyridine rings is 1. The van der Waals surface area contributed by atoms with E-state index < -0.39 is 0 Å². The van der Waals surface area contributed by atoms with Crippen LogP contribution in [-0.2, 0) is 11.3 Å². The van der Waals surface area contributed by atoms with Gasteiger partial charge in [0.05, 0.1) is 11.9 Å². The zero-order valence-corrected chi connectivity index (χ0v) is 15.0. The van der Waals surface area contributed by atoms with Crippen molar-refractivity contribution < 1.29 is 4.79 Å². The van der Waals surface area contributed by atoms with Crippen molar-refractivity contribution in [3.63, 3.8) is 0 Å². The second-order valence-corrected chi connectivity index (χ2v) is 6.12. The molecule has 138 valence electrons. The van der Waals surface area contributed by atoms with E-state index in [0.29, 0.717) is 13.1 Å². The first-order chi connectivity index (χ1) is 13.2. The Balaban J connectivity index is 1.40. The van der Waals surface area contributed by atoms with Crippen molar-refractivity contribution in [1.29, 1.82) is 0 Å². The number of benzene rings is 1. The molecule has 3 aromatic rings. The van der Waals surface area contributed by atoms with Gasteiger partial charge in [0.1, 0.15) is 0 Å². The molecule has 0 radical (unpaired) electrons. The molecule has 1 aromatic carbocycles. The Labute approximate surface area is 157 Å². The molecule has 0 saturated heterocycles. The summed E-state index contributed by atoms with van der Waals surface area (Å²) in [6, 6.07) is 14.9. The van der Waals surface area contributed by atoms with E-state index in [1.165, 1.54) is 6.08 Å². The van der Waals surface area contributed by atoms with Gasteiger partial charge in [-0.1, -0.05) is 24.3 Å². The smallest absolute Gasteiger partial charge is 0.250 e. The number of amides is 1. The molecule has 0 atom stereocenters. The molecule has 27 heavy (non-hydrogen) atoms. The molecular formula is C21H22N4O2. The van der Waals surface area contributed by atoms with Crippen LogP contribution in [0.5, 0.6) is 0 Å². The molecule has 2 aromatic heterocycles. The lowest BCUT2D eigenvalue weighted by Gasteiger charge is -2.05. The third-order valence-corrected chi connectivity index (χ3v) is 4.07. The topological polar surface area (TPSA) is 68.9 Å². The fourth-order valence-corrected chi connectivity index (χ4v) is 2.64. The number of rotatable bonds is 8. The van der Waals surface area contributed by atoms with E-state index in [0.717, 1.165) is 24.1 Å². The fourth-order valence-electron chi connectivity index (χ4n) is 2.64. The summed E-state index contributed by atoms with van der Waals surface area (Å²) in [6.07, 6.45) is 10.3. The van der Waals surface area contributed by atoms with E-state index >= 15 is 0 Å². The van der Waals surface area contributed by atoms with Gasteiger partial charge in [0.2, 0.25) is 11.5 Å². The minimum Gasteiger partial charge on any atom is -0.353 e. The molecule has 0 spiro atoms. The molecule has 0 aliphatic carbocycles. The van der Waals surface area contributed by atoms with Gasteiger partial charge in [-0.25, -0.2) is 4.68 Å². The molecule has 0 unspecified atom stereocenters. The zero-order valence-electron chi connectivity index (χ0n) is 15.0. The molecule has 1 amide bonds. The molecule has 6 nitrogen and oxygen atoms in total. The summed E-state index contributed by atoms with van der Waals surface area (Å²) in [6.45, 7) is 1.23. The molecule has 6 heteroatoms. The van der Waals surface area contributed by atoms with Crippen molar-refractivity contribution in [1.82, 2.24) is 19.7 Å². The van der Waals surface area contributed by atoms with Crippen molar-refractivity contribution in [2.45, 2.75) is 19.4 Å². The highest BCUT2D eigenvalue weighted by Crippen LogP contribution is 2.08. The largest absolute Gasteiger partial charge is 0.353 e. The Morgan fingerprint density at radius 1 is 1.07 bits per heavy atom. The summed E-state index contributed by atoms with van der Waals surface area (Å²) in [4.78, 5) is 23.5. The van der Waals surface area contributed by atoms with Crippen LogP contribution in [0.3, 0.4) is 0 Å². The second kappa shape index (κ2) is 9.33. The maximum Gasteiger partial charge on any atom is 0.250 e. The fraction of sp³-hybridized carbons (Fsp3) is 0.190. The maximum absolute atomic E-state index is 11.9. The number of nitrogens with one attached hydrogen (secondary N) is 1. The van der Waals surface area contributed by atoms with Crippen molar-refractivity contribution in [2.75, 3.05) is 6.54 Å². The van der Waals surface area contributed by atoms with Crippen LogP contribution in [-0.4, -0.2) is 26.8 Å². The van der Waals surface area contributed by atoms with Crippen molar-refractivity contribution in [2.24, 2.45) is 0 Å². The number of aromatic nitrogens is 3. The van der Waals surface area contributed by atoms with Gasteiger partial charge >= 0.3 is 0 Å². The third-order valence-electron chi connectivity index (χ3n) is 4.07. The molecule has 2 heterocycles. The van der Waals surface area contributed by atoms with Crippen LogP contribution in [0.25, 0.3) is 11.8 Å². The lowest BCUT2D eigenvalue weighted by molar-refractivity contribution is -0.116. The van der Waals surface area contributed by atoms with Gasteiger partial charge in [-0.3, -0.25) is 9.59 Å². The summed E-state index contributed by atoms with van der Waals surface area (Å²) in [5.41, 5.74) is 1.83. The van der Waals surface area contributed by atoms with Gasteiger partial charge < -0.3 is 9.88 Å². The molecule has 1 N–H and O–H groups in total. The lowest BCUT2D eigenvalue weighted by atomic mass is 10.3. The number of para-hydroxylation sites is 1. The average Bonchev–Trinajstić information content (AvgIpc) is 3.17. The number of hydrogen-bond donors (Lipinski definition) is 1. The first-order valence-electron chi connectivity index (χ1n) is 8.94. The van der Waals surface area contributed by atoms with Crippen molar-refractivity contribution >= 4 is 12.0 Å². The summed E-state index contributed by atoms with van der Waals surface area (Å²) in [5.74, 6) is -0.140. The Morgan fingerprint density at radius 3 is 2.70 bits per heavy atom. The maximum atomic E-state index is 11.9. The average molecular weight is 362 g/mol. The summed E-state index contributed by atoms with van der Waals surface area (Å²) >= 11 is 0. The molecule has 0 aliphatic heterocycles. The number of carbonyl (C=O) groups excluding carboxylic acids is 1. The molecule has 3 rings (SSSR count). The number of aryl methyl sites for hydroxylation is 1. The zero-order chi connectivity index (χ0) is 18.9. The van der Waals surface area contributed by atoms with Crippen LogP contribution in [0.4, 0.5) is 0 Å². The highest BCUT2D eigenvalue weighted by Gasteiger charge is 2.00. The Bertz CT molecular complexity index is 957. The summed E-state index contributed by atoms with van der Waals surface area (Å²) in [5, 5.41) is 7.14. The highest BCUT2D eigenvalue weighted by atomic mass is 16.1. The van der Waals surface area contributed by atoms with Gasteiger partial charge in [0, 0.05) is 43.2 Å². The number of nitrogens with zero attached hydrogens (tertiary/aromatic N) is 3. The van der Waals surface area contributed by atoms with E-state index in [2.05, 4.69) is 10.4 Å². The van der Waals surface area contributed by atoms with Crippen molar-refractivity contribution in [3.05, 3.63) is 89.1 Å². The summed E-state index contributed by atoms with van der Waals surface area (Å²) < 4.78 is 3.44. The lowest BCUT2D eigenvalue weighted by Crippen LogP contribution is -2.23. The monoisotopic (exact) mass is 362 g/mol. The van der Waals surface area contributed by atoms with E-state index in [1.54, 1.807) is 39.9 Å². The predicted molar refractivity (Wildman–Crippen MR) is 106 cm³/mol. The van der Waals surface area contributed by atoms with Gasteiger partial charge in [-0.15, -0.1) is 0 Å². The predicted octanol–water partition coefficient (Wildman–Crippen LogP) is 2.64. The Morgan fingerprint density at radius 2 is 1.89 bits per heavy atom. The number of carbonyl (C=O) groups is 1. The standard InChI is InChI=1S/C21H22N4O2/c26-20(22-13-5-7-15-24-14-6-4-10-21(24)27)12-11-18-16-23-25(17-18)19-8-2-1-3-9-19/h1-4,6,8-12,14,16-17H,5,7,13,15H2,(H,22,26). The van der Waals surface area contributed by atoms with E-state index in [1.807, 2.05) is 42.6 Å². The molecule has 0 bridgehead atoms. The molecule has 0 aliphatic rings. The van der Waals surface area contributed by atoms with E-state index in [9.17, 15) is 9.59 Å². The van der Waals surface area contributed by atoms with Crippen LogP contribution in [0, 0.1) is 0 Å². The minimum atomic E-state index is -0.140. The highest BCUT2D eigenvalue weighted by molar-refractivity contribution is 5.91. The summed E-state index contributed by atoms with van der Waals surface area (Å²) in [7, 11) is 0. The van der Waals surface area contributed by atoms with Gasteiger partial charge in [0.25, 0.3) is 0 Å². The first-order valence-corrected chi connectivity index (χ1v) is 8.94. The minimum absolute atomic E-state index is 0.000480. The first kappa shape index (κ1) is 18.4.